The van der Waals surface area contributed by atoms with Crippen LogP contribution in [-0.2, 0) is 32.0 Å². The van der Waals surface area contributed by atoms with Crippen LogP contribution < -0.4 is 19.1 Å². The Labute approximate surface area is 376 Å². The molecular formula is C45H44Cl2F2N4O9S. The van der Waals surface area contributed by atoms with Gasteiger partial charge < -0.3 is 29.1 Å². The van der Waals surface area contributed by atoms with Gasteiger partial charge in [-0.3, -0.25) is 19.4 Å². The molecule has 2 bridgehead atoms. The molecule has 5 aliphatic rings. The summed E-state index contributed by atoms with van der Waals surface area (Å²) in [5, 5.41) is 12.2. The van der Waals surface area contributed by atoms with Crippen molar-refractivity contribution in [2.24, 2.45) is 11.8 Å². The third kappa shape index (κ3) is 9.83. The number of piperidine rings is 3. The lowest BCUT2D eigenvalue weighted by Gasteiger charge is -2.44. The third-order valence-electron chi connectivity index (χ3n) is 12.1. The fourth-order valence-corrected chi connectivity index (χ4v) is 10.8. The summed E-state index contributed by atoms with van der Waals surface area (Å²) in [4.78, 5) is 58.6. The summed E-state index contributed by atoms with van der Waals surface area (Å²) in [6.45, 7) is -0.273. The summed E-state index contributed by atoms with van der Waals surface area (Å²) in [5.41, 5.74) is 1.88. The highest BCUT2D eigenvalue weighted by atomic mass is 35.5. The summed E-state index contributed by atoms with van der Waals surface area (Å²) in [5.74, 6) is -2.41. The molecule has 0 spiro atoms. The summed E-state index contributed by atoms with van der Waals surface area (Å²) >= 11 is 14.3. The first-order valence-electron chi connectivity index (χ1n) is 20.7. The molecule has 4 saturated heterocycles. The first kappa shape index (κ1) is 44.4. The zero-order chi connectivity index (χ0) is 44.3. The van der Waals surface area contributed by atoms with Gasteiger partial charge in [0.25, 0.3) is 5.91 Å². The van der Waals surface area contributed by atoms with Gasteiger partial charge in [-0.15, -0.1) is 11.8 Å². The van der Waals surface area contributed by atoms with E-state index in [4.69, 9.17) is 42.1 Å². The summed E-state index contributed by atoms with van der Waals surface area (Å²) < 4.78 is 49.8. The van der Waals surface area contributed by atoms with Crippen molar-refractivity contribution in [2.45, 2.75) is 62.2 Å². The molecule has 3 atom stereocenters. The van der Waals surface area contributed by atoms with Crippen molar-refractivity contribution in [3.63, 3.8) is 0 Å². The molecule has 0 N–H and O–H groups in total. The molecule has 0 unspecified atom stereocenters. The largest absolute Gasteiger partial charge is 0.619 e. The summed E-state index contributed by atoms with van der Waals surface area (Å²) in [6.07, 6.45) is 4.95. The number of aromatic nitrogens is 1. The molecule has 13 nitrogen and oxygen atoms in total. The zero-order valence-electron chi connectivity index (χ0n) is 33.9. The van der Waals surface area contributed by atoms with Crippen LogP contribution in [0.25, 0.3) is 0 Å². The Bertz CT molecular complexity index is 2320. The van der Waals surface area contributed by atoms with E-state index >= 15 is 4.79 Å². The number of rotatable bonds is 16. The number of nitrogens with zero attached hydrogens (tertiary/aromatic N) is 4. The van der Waals surface area contributed by atoms with Crippen LogP contribution in [0, 0.1) is 17.0 Å². The molecule has 2 amide bonds. The van der Waals surface area contributed by atoms with E-state index in [1.54, 1.807) is 36.4 Å². The normalized spacial score (nSPS) is 22.0. The predicted octanol–water partition coefficient (Wildman–Crippen LogP) is 7.87. The second-order valence-corrected chi connectivity index (χ2v) is 18.2. The van der Waals surface area contributed by atoms with E-state index in [9.17, 15) is 28.4 Å². The van der Waals surface area contributed by atoms with Crippen molar-refractivity contribution in [3.05, 3.63) is 123 Å². The maximum absolute atomic E-state index is 15.0. The average molecular weight is 926 g/mol. The highest BCUT2D eigenvalue weighted by molar-refractivity contribution is 8.01. The monoisotopic (exact) mass is 924 g/mol. The number of carbonyl (C=O) groups excluding carboxylic acids is 4. The van der Waals surface area contributed by atoms with Crippen molar-refractivity contribution in [1.82, 2.24) is 9.80 Å². The van der Waals surface area contributed by atoms with Gasteiger partial charge in [-0.2, -0.15) is 13.5 Å². The molecule has 332 valence electrons. The third-order valence-corrected chi connectivity index (χ3v) is 14.2. The van der Waals surface area contributed by atoms with Crippen molar-refractivity contribution in [2.75, 3.05) is 43.4 Å². The minimum Gasteiger partial charge on any atom is -0.619 e. The molecule has 1 aliphatic carbocycles. The van der Waals surface area contributed by atoms with Crippen molar-refractivity contribution < 1.29 is 51.6 Å². The fourth-order valence-electron chi connectivity index (χ4n) is 8.72. The number of esters is 1. The lowest BCUT2D eigenvalue weighted by molar-refractivity contribution is -0.605. The summed E-state index contributed by atoms with van der Waals surface area (Å²) in [6, 6.07) is 19.9. The molecular weight excluding hydrogens is 881 g/mol. The fraction of sp³-hybridized carbons (Fsp3) is 0.400. The molecule has 5 heterocycles. The number of halogens is 4. The van der Waals surface area contributed by atoms with Crippen LogP contribution >= 0.6 is 35.0 Å². The SMILES string of the molecule is O=COC(=O)[C@]1([C@@H](Cc2c(Cl)c[n+]([O-])cc2Cl)c2ccc(OC(F)F)c(OCC3CC3)c2)SCCN1C(=O)c1cccc(CN(C(=O)O[C@H]2CN3CCC2CC3)c2ccccc2)c1. The number of anilines is 1. The minimum absolute atomic E-state index is 0.00858. The smallest absolute Gasteiger partial charge is 0.414 e. The van der Waals surface area contributed by atoms with E-state index in [1.807, 2.05) is 18.2 Å². The van der Waals surface area contributed by atoms with Gasteiger partial charge in [0.2, 0.25) is 0 Å². The Hall–Kier alpha value is -5.16. The van der Waals surface area contributed by atoms with E-state index < -0.39 is 35.4 Å². The topological polar surface area (TPSA) is 142 Å². The Balaban J connectivity index is 1.16. The first-order chi connectivity index (χ1) is 30.4. The quantitative estimate of drug-likeness (QED) is 0.0357. The second kappa shape index (κ2) is 19.3. The van der Waals surface area contributed by atoms with Crippen molar-refractivity contribution in [1.29, 1.82) is 0 Å². The van der Waals surface area contributed by atoms with Gasteiger partial charge in [0.05, 0.1) is 13.2 Å². The molecule has 1 aromatic heterocycles. The molecule has 1 saturated carbocycles. The number of para-hydroxylation sites is 1. The Morgan fingerprint density at radius 1 is 0.952 bits per heavy atom. The van der Waals surface area contributed by atoms with Gasteiger partial charge in [-0.25, -0.2) is 9.59 Å². The van der Waals surface area contributed by atoms with Crippen LogP contribution in [0.5, 0.6) is 11.5 Å². The number of fused-ring (bicyclic) bond motifs is 3. The van der Waals surface area contributed by atoms with Crippen LogP contribution in [-0.4, -0.2) is 90.4 Å². The van der Waals surface area contributed by atoms with Crippen molar-refractivity contribution >= 4 is 65.1 Å². The maximum atomic E-state index is 15.0. The number of benzene rings is 3. The first-order valence-corrected chi connectivity index (χ1v) is 22.4. The predicted molar refractivity (Wildman–Crippen MR) is 230 cm³/mol. The summed E-state index contributed by atoms with van der Waals surface area (Å²) in [7, 11) is 0. The van der Waals surface area contributed by atoms with Gasteiger partial charge >= 0.3 is 25.1 Å². The number of carbonyl (C=O) groups is 4. The van der Waals surface area contributed by atoms with E-state index in [-0.39, 0.29) is 89.0 Å². The van der Waals surface area contributed by atoms with Gasteiger partial charge in [-0.1, -0.05) is 59.6 Å². The van der Waals surface area contributed by atoms with Gasteiger partial charge in [-0.05, 0) is 105 Å². The van der Waals surface area contributed by atoms with E-state index in [2.05, 4.69) is 4.90 Å². The van der Waals surface area contributed by atoms with Crippen LogP contribution in [0.4, 0.5) is 19.3 Å². The molecule has 63 heavy (non-hydrogen) atoms. The number of amides is 2. The van der Waals surface area contributed by atoms with Crippen LogP contribution in [0.1, 0.15) is 58.6 Å². The van der Waals surface area contributed by atoms with Crippen LogP contribution in [0.3, 0.4) is 0 Å². The van der Waals surface area contributed by atoms with E-state index in [0.717, 1.165) is 62.9 Å². The highest BCUT2D eigenvalue weighted by Gasteiger charge is 2.58. The molecule has 9 rings (SSSR count). The molecule has 3 aromatic carbocycles. The Morgan fingerprint density at radius 2 is 1.70 bits per heavy atom. The number of hydrogen-bond donors (Lipinski definition) is 0. The zero-order valence-corrected chi connectivity index (χ0v) is 36.2. The molecule has 5 fully saturated rings. The van der Waals surface area contributed by atoms with Gasteiger partial charge in [0.1, 0.15) is 16.1 Å². The Morgan fingerprint density at radius 3 is 2.37 bits per heavy atom. The van der Waals surface area contributed by atoms with Crippen LogP contribution in [0.2, 0.25) is 10.0 Å². The van der Waals surface area contributed by atoms with E-state index in [1.165, 1.54) is 28.0 Å². The van der Waals surface area contributed by atoms with Crippen LogP contribution in [0.15, 0.2) is 85.2 Å². The number of pyridine rings is 1. The number of hydrogen-bond acceptors (Lipinski definition) is 11. The van der Waals surface area contributed by atoms with E-state index in [0.29, 0.717) is 28.1 Å². The highest BCUT2D eigenvalue weighted by Crippen LogP contribution is 2.51. The average Bonchev–Trinajstić information content (AvgIpc) is 4.01. The number of alkyl halides is 2. The van der Waals surface area contributed by atoms with Gasteiger partial charge in [0, 0.05) is 41.6 Å². The molecule has 4 aromatic rings. The molecule has 0 radical (unpaired) electrons. The number of thioether (sulfide) groups is 1. The van der Waals surface area contributed by atoms with Gasteiger partial charge in [0.15, 0.2) is 28.8 Å². The lowest BCUT2D eigenvalue weighted by atomic mass is 9.83. The number of ether oxygens (including phenoxy) is 4. The lowest BCUT2D eigenvalue weighted by Crippen LogP contribution is -2.56. The Kier molecular flexibility index (Phi) is 13.6. The standard InChI is InChI=1S/C45H44Cl2F2N4O9S/c46-36-23-51(58)24-37(47)34(36)21-35(31-11-12-38(61-43(48)49)39(20-31)59-26-28-9-10-28)45(42(56)60-27-54)53(17-18-63-45)41(55)32-6-4-5-29(19-32)22-52(33-7-2-1-3-8-33)44(57)62-40-25-50-15-13-30(40)14-16-50/h1-8,11-12,19-20,23-24,27-28,30,35,40,43H,9-10,13-18,21-22,25-26H2/t35-,40-,45-/m0/s1. The van der Waals surface area contributed by atoms with Crippen molar-refractivity contribution in [3.8, 4) is 11.5 Å². The molecule has 18 heteroatoms. The second-order valence-electron chi connectivity index (χ2n) is 16.1. The molecule has 4 aliphatic heterocycles. The minimum atomic E-state index is -3.17. The maximum Gasteiger partial charge on any atom is 0.414 e.